The molecule has 6 heteroatoms. The minimum atomic E-state index is -0.877. The second-order valence-electron chi connectivity index (χ2n) is 5.83. The van der Waals surface area contributed by atoms with E-state index in [2.05, 4.69) is 21.1 Å². The Kier molecular flexibility index (Phi) is 3.49. The van der Waals surface area contributed by atoms with Crippen LogP contribution in [0.4, 0.5) is 5.69 Å². The lowest BCUT2D eigenvalue weighted by atomic mass is 9.94. The first-order valence-electron chi connectivity index (χ1n) is 7.50. The SMILES string of the molecule is Cc1ccc(N2C(=O)[C@H]3C(c4ccc(Br)cc4)=NO[C@H]3C2=O)cc1. The molecule has 0 radical (unpaired) electrons. The van der Waals surface area contributed by atoms with Gasteiger partial charge < -0.3 is 4.84 Å². The van der Waals surface area contributed by atoms with Gasteiger partial charge in [-0.2, -0.15) is 0 Å². The van der Waals surface area contributed by atoms with Gasteiger partial charge in [0.1, 0.15) is 11.6 Å². The number of anilines is 1. The van der Waals surface area contributed by atoms with Gasteiger partial charge in [0, 0.05) is 10.0 Å². The van der Waals surface area contributed by atoms with Crippen molar-refractivity contribution in [2.75, 3.05) is 4.90 Å². The molecule has 0 bridgehead atoms. The maximum Gasteiger partial charge on any atom is 0.278 e. The lowest BCUT2D eigenvalue weighted by Gasteiger charge is -2.15. The number of imide groups is 1. The van der Waals surface area contributed by atoms with Gasteiger partial charge in [-0.15, -0.1) is 0 Å². The van der Waals surface area contributed by atoms with Crippen LogP contribution in [0.2, 0.25) is 0 Å². The van der Waals surface area contributed by atoms with Crippen LogP contribution in [0, 0.1) is 12.8 Å². The van der Waals surface area contributed by atoms with Crippen LogP contribution in [-0.2, 0) is 14.4 Å². The van der Waals surface area contributed by atoms with Gasteiger partial charge in [0.2, 0.25) is 12.0 Å². The number of benzene rings is 2. The number of rotatable bonds is 2. The van der Waals surface area contributed by atoms with Crippen molar-refractivity contribution in [2.24, 2.45) is 11.1 Å². The van der Waals surface area contributed by atoms with Crippen molar-refractivity contribution in [3.05, 3.63) is 64.1 Å². The van der Waals surface area contributed by atoms with E-state index in [9.17, 15) is 9.59 Å². The molecule has 0 unspecified atom stereocenters. The van der Waals surface area contributed by atoms with Crippen LogP contribution in [0.15, 0.2) is 58.2 Å². The van der Waals surface area contributed by atoms with Gasteiger partial charge in [-0.25, -0.2) is 4.90 Å². The number of amides is 2. The fraction of sp³-hybridized carbons (Fsp3) is 0.167. The molecular formula is C18H13BrN2O3. The number of halogens is 1. The van der Waals surface area contributed by atoms with E-state index < -0.39 is 12.0 Å². The smallest absolute Gasteiger partial charge is 0.278 e. The van der Waals surface area contributed by atoms with E-state index in [0.717, 1.165) is 15.6 Å². The molecule has 0 aromatic heterocycles. The number of hydrogen-bond acceptors (Lipinski definition) is 4. The van der Waals surface area contributed by atoms with Crippen molar-refractivity contribution >= 4 is 39.1 Å². The first kappa shape index (κ1) is 15.1. The Hall–Kier alpha value is -2.47. The summed E-state index contributed by atoms with van der Waals surface area (Å²) in [5.41, 5.74) is 2.90. The van der Waals surface area contributed by atoms with Crippen LogP contribution in [0.25, 0.3) is 0 Å². The number of fused-ring (bicyclic) bond motifs is 1. The quantitative estimate of drug-likeness (QED) is 0.747. The van der Waals surface area contributed by atoms with Crippen molar-refractivity contribution in [3.63, 3.8) is 0 Å². The second kappa shape index (κ2) is 5.56. The summed E-state index contributed by atoms with van der Waals surface area (Å²) in [6, 6.07) is 14.7. The maximum atomic E-state index is 12.9. The molecule has 0 saturated carbocycles. The number of carbonyl (C=O) groups excluding carboxylic acids is 2. The molecule has 2 aromatic rings. The molecular weight excluding hydrogens is 372 g/mol. The first-order valence-corrected chi connectivity index (χ1v) is 8.30. The fourth-order valence-electron chi connectivity index (χ4n) is 2.98. The van der Waals surface area contributed by atoms with Gasteiger partial charge in [-0.05, 0) is 31.2 Å². The molecule has 0 spiro atoms. The summed E-state index contributed by atoms with van der Waals surface area (Å²) < 4.78 is 0.928. The number of oxime groups is 1. The highest BCUT2D eigenvalue weighted by Crippen LogP contribution is 2.35. The third kappa shape index (κ3) is 2.26. The van der Waals surface area contributed by atoms with Crippen LogP contribution in [0.1, 0.15) is 11.1 Å². The Bertz CT molecular complexity index is 859. The van der Waals surface area contributed by atoms with Crippen molar-refractivity contribution in [2.45, 2.75) is 13.0 Å². The van der Waals surface area contributed by atoms with Crippen LogP contribution in [-0.4, -0.2) is 23.6 Å². The Morgan fingerprint density at radius 2 is 1.67 bits per heavy atom. The zero-order valence-electron chi connectivity index (χ0n) is 12.8. The number of hydrogen-bond donors (Lipinski definition) is 0. The van der Waals surface area contributed by atoms with Gasteiger partial charge in [-0.3, -0.25) is 9.59 Å². The van der Waals surface area contributed by atoms with Crippen molar-refractivity contribution in [3.8, 4) is 0 Å². The molecule has 5 nitrogen and oxygen atoms in total. The molecule has 2 aliphatic heterocycles. The molecule has 1 saturated heterocycles. The fourth-order valence-corrected chi connectivity index (χ4v) is 3.25. The number of carbonyl (C=O) groups is 2. The summed E-state index contributed by atoms with van der Waals surface area (Å²) in [4.78, 5) is 32.0. The minimum Gasteiger partial charge on any atom is -0.381 e. The average Bonchev–Trinajstić information content (AvgIpc) is 3.11. The summed E-state index contributed by atoms with van der Waals surface area (Å²) in [6.45, 7) is 1.95. The van der Waals surface area contributed by atoms with Crippen molar-refractivity contribution < 1.29 is 14.4 Å². The molecule has 4 rings (SSSR count). The molecule has 2 amide bonds. The summed E-state index contributed by atoms with van der Waals surface area (Å²) in [5.74, 6) is -1.36. The van der Waals surface area contributed by atoms with Crippen LogP contribution < -0.4 is 4.90 Å². The standard InChI is InChI=1S/C18H13BrN2O3/c1-10-2-8-13(9-3-10)21-17(22)14-15(20-24-16(14)18(21)23)11-4-6-12(19)7-5-11/h2-9,14,16H,1H3/t14-,16+/m0/s1. The van der Waals surface area contributed by atoms with E-state index in [4.69, 9.17) is 4.84 Å². The highest BCUT2D eigenvalue weighted by molar-refractivity contribution is 9.10. The van der Waals surface area contributed by atoms with Gasteiger partial charge in [0.25, 0.3) is 5.91 Å². The Morgan fingerprint density at radius 3 is 2.33 bits per heavy atom. The summed E-state index contributed by atoms with van der Waals surface area (Å²) in [7, 11) is 0. The van der Waals surface area contributed by atoms with Gasteiger partial charge >= 0.3 is 0 Å². The highest BCUT2D eigenvalue weighted by atomic mass is 79.9. The predicted molar refractivity (Wildman–Crippen MR) is 92.7 cm³/mol. The monoisotopic (exact) mass is 384 g/mol. The highest BCUT2D eigenvalue weighted by Gasteiger charge is 2.56. The van der Waals surface area contributed by atoms with Gasteiger partial charge in [0.05, 0.1) is 5.69 Å². The normalized spacial score (nSPS) is 22.4. The molecule has 2 heterocycles. The summed E-state index contributed by atoms with van der Waals surface area (Å²) in [6.07, 6.45) is -0.877. The zero-order valence-corrected chi connectivity index (χ0v) is 14.4. The van der Waals surface area contributed by atoms with Crippen molar-refractivity contribution in [1.82, 2.24) is 0 Å². The molecule has 2 aliphatic rings. The lowest BCUT2D eigenvalue weighted by molar-refractivity contribution is -0.126. The maximum absolute atomic E-state index is 12.9. The van der Waals surface area contributed by atoms with E-state index in [-0.39, 0.29) is 11.8 Å². The van der Waals surface area contributed by atoms with Crippen molar-refractivity contribution in [1.29, 1.82) is 0 Å². The molecule has 0 aliphatic carbocycles. The number of nitrogens with zero attached hydrogens (tertiary/aromatic N) is 2. The largest absolute Gasteiger partial charge is 0.381 e. The Balaban J connectivity index is 1.69. The van der Waals surface area contributed by atoms with Gasteiger partial charge in [0.15, 0.2) is 0 Å². The third-order valence-corrected chi connectivity index (χ3v) is 4.77. The topological polar surface area (TPSA) is 59.0 Å². The zero-order chi connectivity index (χ0) is 16.8. The summed E-state index contributed by atoms with van der Waals surface area (Å²) >= 11 is 3.38. The van der Waals surface area contributed by atoms with Crippen LogP contribution in [0.3, 0.4) is 0 Å². The Labute approximate surface area is 147 Å². The predicted octanol–water partition coefficient (Wildman–Crippen LogP) is 3.05. The van der Waals surface area contributed by atoms with Crippen LogP contribution >= 0.6 is 15.9 Å². The first-order chi connectivity index (χ1) is 11.6. The van der Waals surface area contributed by atoms with E-state index >= 15 is 0 Å². The van der Waals surface area contributed by atoms with E-state index in [1.807, 2.05) is 43.3 Å². The van der Waals surface area contributed by atoms with Gasteiger partial charge in [-0.1, -0.05) is 50.9 Å². The van der Waals surface area contributed by atoms with E-state index in [0.29, 0.717) is 11.4 Å². The second-order valence-corrected chi connectivity index (χ2v) is 6.75. The number of aryl methyl sites for hydroxylation is 1. The van der Waals surface area contributed by atoms with E-state index in [1.54, 1.807) is 12.1 Å². The van der Waals surface area contributed by atoms with Crippen LogP contribution in [0.5, 0.6) is 0 Å². The molecule has 2 aromatic carbocycles. The lowest BCUT2D eigenvalue weighted by Crippen LogP contribution is -2.33. The molecule has 2 atom stereocenters. The third-order valence-electron chi connectivity index (χ3n) is 4.24. The average molecular weight is 385 g/mol. The van der Waals surface area contributed by atoms with E-state index in [1.165, 1.54) is 4.90 Å². The molecule has 24 heavy (non-hydrogen) atoms. The molecule has 0 N–H and O–H groups in total. The minimum absolute atomic E-state index is 0.298. The molecule has 120 valence electrons. The Morgan fingerprint density at radius 1 is 1.00 bits per heavy atom. The summed E-state index contributed by atoms with van der Waals surface area (Å²) in [5, 5.41) is 4.00. The molecule has 1 fully saturated rings.